The second-order valence-electron chi connectivity index (χ2n) is 4.24. The van der Waals surface area contributed by atoms with Gasteiger partial charge in [-0.15, -0.1) is 20.4 Å². The molecular formula is C12H11N6OS-. The van der Waals surface area contributed by atoms with E-state index in [1.165, 1.54) is 15.9 Å². The summed E-state index contributed by atoms with van der Waals surface area (Å²) in [6, 6.07) is -0.325. The van der Waals surface area contributed by atoms with Crippen molar-refractivity contribution in [2.24, 2.45) is 17.3 Å². The highest BCUT2D eigenvalue weighted by Gasteiger charge is 2.18. The van der Waals surface area contributed by atoms with Crippen LogP contribution in [0, 0.1) is 0 Å². The van der Waals surface area contributed by atoms with Crippen molar-refractivity contribution in [1.82, 2.24) is 19.7 Å². The first-order valence-electron chi connectivity index (χ1n) is 6.00. The lowest BCUT2D eigenvalue weighted by molar-refractivity contribution is -0.284. The number of nitrogens with zero attached hydrogens (tertiary/aromatic N) is 6. The third kappa shape index (κ3) is 2.37. The van der Waals surface area contributed by atoms with Crippen molar-refractivity contribution in [2.75, 3.05) is 0 Å². The molecule has 2 heterocycles. The summed E-state index contributed by atoms with van der Waals surface area (Å²) in [5.74, 6) is 0.521. The minimum Gasteiger partial charge on any atom is -0.846 e. The van der Waals surface area contributed by atoms with Gasteiger partial charge in [-0.25, -0.2) is 4.98 Å². The Bertz CT molecular complexity index is 685. The molecule has 102 valence electrons. The van der Waals surface area contributed by atoms with Gasteiger partial charge in [0.2, 0.25) is 0 Å². The summed E-state index contributed by atoms with van der Waals surface area (Å²) >= 11 is 1.28. The van der Waals surface area contributed by atoms with Gasteiger partial charge in [0.05, 0.1) is 11.7 Å². The number of hydrogen-bond acceptors (Lipinski definition) is 7. The minimum atomic E-state index is -0.325. The number of azo groups is 1. The number of allylic oxidation sites excluding steroid dienone is 4. The van der Waals surface area contributed by atoms with Crippen LogP contribution in [0.3, 0.4) is 0 Å². The fourth-order valence-electron chi connectivity index (χ4n) is 1.94. The van der Waals surface area contributed by atoms with Crippen LogP contribution in [0.4, 0.5) is 10.9 Å². The Morgan fingerprint density at radius 2 is 2.30 bits per heavy atom. The number of aromatic nitrogens is 4. The highest BCUT2D eigenvalue weighted by Crippen LogP contribution is 2.34. The van der Waals surface area contributed by atoms with E-state index in [-0.39, 0.29) is 11.9 Å². The molecule has 2 aromatic rings. The van der Waals surface area contributed by atoms with E-state index in [1.807, 2.05) is 24.3 Å². The maximum Gasteiger partial charge on any atom is 0.251 e. The van der Waals surface area contributed by atoms with Gasteiger partial charge in [-0.3, -0.25) is 0 Å². The lowest BCUT2D eigenvalue weighted by atomic mass is 9.97. The molecule has 0 saturated carbocycles. The average Bonchev–Trinajstić information content (AvgIpc) is 3.08. The topological polar surface area (TPSA) is 91.4 Å². The molecule has 3 rings (SSSR count). The molecule has 0 aromatic carbocycles. The van der Waals surface area contributed by atoms with Crippen molar-refractivity contribution in [3.63, 3.8) is 0 Å². The van der Waals surface area contributed by atoms with Crippen LogP contribution in [0.25, 0.3) is 0 Å². The zero-order chi connectivity index (χ0) is 13.9. The van der Waals surface area contributed by atoms with Gasteiger partial charge < -0.3 is 9.67 Å². The van der Waals surface area contributed by atoms with E-state index >= 15 is 0 Å². The average molecular weight is 287 g/mol. The largest absolute Gasteiger partial charge is 0.846 e. The summed E-state index contributed by atoms with van der Waals surface area (Å²) in [6.45, 7) is 0. The van der Waals surface area contributed by atoms with Crippen LogP contribution in [0.1, 0.15) is 18.0 Å². The van der Waals surface area contributed by atoms with Gasteiger partial charge in [-0.05, 0) is 6.42 Å². The predicted octanol–water partition coefficient (Wildman–Crippen LogP) is 2.36. The molecule has 0 N–H and O–H groups in total. The molecule has 1 aliphatic carbocycles. The molecule has 0 bridgehead atoms. The van der Waals surface area contributed by atoms with Gasteiger partial charge in [0.15, 0.2) is 5.82 Å². The quantitative estimate of drug-likeness (QED) is 0.810. The summed E-state index contributed by atoms with van der Waals surface area (Å²) in [5, 5.41) is 27.8. The van der Waals surface area contributed by atoms with E-state index in [4.69, 9.17) is 0 Å². The summed E-state index contributed by atoms with van der Waals surface area (Å²) in [4.78, 5) is 4.07. The third-order valence-electron chi connectivity index (χ3n) is 2.96. The van der Waals surface area contributed by atoms with Gasteiger partial charge >= 0.3 is 0 Å². The van der Waals surface area contributed by atoms with Gasteiger partial charge in [0.25, 0.3) is 5.13 Å². The molecule has 20 heavy (non-hydrogen) atoms. The highest BCUT2D eigenvalue weighted by atomic mass is 32.1. The van der Waals surface area contributed by atoms with E-state index < -0.39 is 0 Å². The predicted molar refractivity (Wildman–Crippen MR) is 72.4 cm³/mol. The van der Waals surface area contributed by atoms with E-state index in [1.54, 1.807) is 12.6 Å². The maximum atomic E-state index is 11.7. The van der Waals surface area contributed by atoms with Crippen molar-refractivity contribution in [3.05, 3.63) is 35.5 Å². The first kappa shape index (κ1) is 12.7. The van der Waals surface area contributed by atoms with E-state index in [0.29, 0.717) is 16.6 Å². The highest BCUT2D eigenvalue weighted by molar-refractivity contribution is 7.13. The smallest absolute Gasteiger partial charge is 0.251 e. The molecule has 0 saturated heterocycles. The standard InChI is InChI=1S/C12H12N6OS/c1-18-10(15-17-11-16-13-7-20-11)9(14-12(18)19)8-5-3-2-4-6-8/h2-5,7-8H,6H2,1H3,(H,14,19)/p-1. The van der Waals surface area contributed by atoms with Gasteiger partial charge in [0, 0.05) is 13.0 Å². The zero-order valence-corrected chi connectivity index (χ0v) is 11.5. The second kappa shape index (κ2) is 5.33. The molecule has 1 atom stereocenters. The Morgan fingerprint density at radius 1 is 1.40 bits per heavy atom. The zero-order valence-electron chi connectivity index (χ0n) is 10.7. The van der Waals surface area contributed by atoms with Gasteiger partial charge in [0.1, 0.15) is 5.51 Å². The van der Waals surface area contributed by atoms with E-state index in [2.05, 4.69) is 25.4 Å². The van der Waals surface area contributed by atoms with Crippen LogP contribution in [0.15, 0.2) is 40.0 Å². The lowest BCUT2D eigenvalue weighted by Gasteiger charge is -2.10. The van der Waals surface area contributed by atoms with Crippen LogP contribution >= 0.6 is 11.3 Å². The molecule has 1 aliphatic rings. The van der Waals surface area contributed by atoms with Crippen LogP contribution in [0.5, 0.6) is 6.01 Å². The molecule has 8 heteroatoms. The molecule has 2 aromatic heterocycles. The Kier molecular flexibility index (Phi) is 3.38. The van der Waals surface area contributed by atoms with Gasteiger partial charge in [-0.2, -0.15) is 0 Å². The fraction of sp³-hybridized carbons (Fsp3) is 0.250. The third-order valence-corrected chi connectivity index (χ3v) is 3.53. The van der Waals surface area contributed by atoms with Crippen LogP contribution < -0.4 is 5.11 Å². The molecule has 0 spiro atoms. The number of imidazole rings is 1. The Balaban J connectivity index is 1.96. The maximum absolute atomic E-state index is 11.7. The summed E-state index contributed by atoms with van der Waals surface area (Å²) < 4.78 is 1.39. The number of hydrogen-bond donors (Lipinski definition) is 0. The molecule has 0 radical (unpaired) electrons. The van der Waals surface area contributed by atoms with Crippen molar-refractivity contribution in [3.8, 4) is 6.01 Å². The molecule has 1 unspecified atom stereocenters. The summed E-state index contributed by atoms with van der Waals surface area (Å²) in [5.41, 5.74) is 2.22. The summed E-state index contributed by atoms with van der Waals surface area (Å²) in [7, 11) is 1.63. The Labute approximate surface area is 119 Å². The van der Waals surface area contributed by atoms with Crippen molar-refractivity contribution in [1.29, 1.82) is 0 Å². The first-order chi connectivity index (χ1) is 9.75. The monoisotopic (exact) mass is 287 g/mol. The van der Waals surface area contributed by atoms with E-state index in [0.717, 1.165) is 6.42 Å². The molecule has 0 aliphatic heterocycles. The Hall–Kier alpha value is -2.35. The van der Waals surface area contributed by atoms with E-state index in [9.17, 15) is 5.11 Å². The van der Waals surface area contributed by atoms with Crippen LogP contribution in [-0.4, -0.2) is 19.7 Å². The Morgan fingerprint density at radius 3 is 3.00 bits per heavy atom. The molecular weight excluding hydrogens is 276 g/mol. The normalized spacial score (nSPS) is 18.1. The van der Waals surface area contributed by atoms with Crippen LogP contribution in [0.2, 0.25) is 0 Å². The summed E-state index contributed by atoms with van der Waals surface area (Å²) in [6.07, 6.45) is 8.76. The van der Waals surface area contributed by atoms with Crippen molar-refractivity contribution < 1.29 is 5.11 Å². The van der Waals surface area contributed by atoms with Crippen molar-refractivity contribution >= 4 is 22.3 Å². The van der Waals surface area contributed by atoms with Crippen molar-refractivity contribution in [2.45, 2.75) is 12.3 Å². The molecule has 7 nitrogen and oxygen atoms in total. The number of rotatable bonds is 3. The van der Waals surface area contributed by atoms with Crippen LogP contribution in [-0.2, 0) is 7.05 Å². The van der Waals surface area contributed by atoms with Gasteiger partial charge in [-0.1, -0.05) is 35.6 Å². The molecule has 0 fully saturated rings. The SMILES string of the molecule is Cn1c([O-])nc(C2C=CC=CC2)c1N=Nc1nncs1. The fourth-order valence-corrected chi connectivity index (χ4v) is 2.31. The lowest BCUT2D eigenvalue weighted by Crippen LogP contribution is -1.99. The first-order valence-corrected chi connectivity index (χ1v) is 6.88. The minimum absolute atomic E-state index is 0.0530. The molecule has 0 amide bonds. The second-order valence-corrected chi connectivity index (χ2v) is 5.05.